The standard InChI is InChI=1S/CH4N2O3SSe/c2-1(4)3-8-7(5)6/h(H,5,6)(H3,2,3,4). The Kier molecular flexibility index (Phi) is 3.80. The van der Waals surface area contributed by atoms with Gasteiger partial charge in [0.1, 0.15) is 0 Å². The number of hydrogen-bond acceptors (Lipinski definition) is 2. The normalized spacial score (nSPS) is 12.6. The average molecular weight is 203 g/mol. The van der Waals surface area contributed by atoms with E-state index >= 15 is 0 Å². The van der Waals surface area contributed by atoms with Crippen molar-refractivity contribution in [1.82, 2.24) is 4.33 Å². The minimum absolute atomic E-state index is 0.771. The van der Waals surface area contributed by atoms with Gasteiger partial charge in [-0.3, -0.25) is 0 Å². The molecule has 0 aliphatic carbocycles. The summed E-state index contributed by atoms with van der Waals surface area (Å²) in [5.41, 5.74) is 4.56. The summed E-state index contributed by atoms with van der Waals surface area (Å²) >= 11 is -0.800. The molecule has 0 aromatic heterocycles. The Morgan fingerprint density at radius 2 is 2.38 bits per heavy atom. The fraction of sp³-hybridized carbons (Fsp3) is 0. The van der Waals surface area contributed by atoms with Gasteiger partial charge in [0.25, 0.3) is 0 Å². The predicted octanol–water partition coefficient (Wildman–Crippen LogP) is -1.59. The van der Waals surface area contributed by atoms with Crippen molar-refractivity contribution in [2.24, 2.45) is 5.73 Å². The van der Waals surface area contributed by atoms with Crippen molar-refractivity contribution in [1.29, 1.82) is 0 Å². The second kappa shape index (κ2) is 3.85. The average Bonchev–Trinajstić information content (AvgIpc) is 1.61. The first-order chi connectivity index (χ1) is 3.63. The third-order valence-electron chi connectivity index (χ3n) is 0.214. The maximum absolute atomic E-state index is 9.78. The number of rotatable bonds is 2. The zero-order chi connectivity index (χ0) is 6.57. The second-order valence-corrected chi connectivity index (χ2v) is 4.64. The Labute approximate surface area is 53.7 Å². The van der Waals surface area contributed by atoms with E-state index in [0.717, 1.165) is 0 Å². The molecule has 0 aromatic carbocycles. The fourth-order valence-electron chi connectivity index (χ4n) is 0.0767. The van der Waals surface area contributed by atoms with Crippen LogP contribution >= 0.6 is 0 Å². The summed E-state index contributed by atoms with van der Waals surface area (Å²) in [7, 11) is -1.94. The fourth-order valence-corrected chi connectivity index (χ4v) is 1.20. The van der Waals surface area contributed by atoms with Crippen LogP contribution in [0.15, 0.2) is 0 Å². The molecule has 7 heteroatoms. The first-order valence-electron chi connectivity index (χ1n) is 1.46. The molecule has 0 fully saturated rings. The summed E-state index contributed by atoms with van der Waals surface area (Å²) in [6, 6.07) is -0.771. The van der Waals surface area contributed by atoms with Gasteiger partial charge in [-0.2, -0.15) is 0 Å². The summed E-state index contributed by atoms with van der Waals surface area (Å²) in [5.74, 6) is 0. The zero-order valence-corrected chi connectivity index (χ0v) is 6.19. The van der Waals surface area contributed by atoms with Crippen LogP contribution in [0.25, 0.3) is 0 Å². The molecule has 2 amide bonds. The molecule has 1 unspecified atom stereocenters. The van der Waals surface area contributed by atoms with Crippen molar-refractivity contribution in [3.63, 3.8) is 0 Å². The van der Waals surface area contributed by atoms with Gasteiger partial charge in [0.15, 0.2) is 0 Å². The molecule has 0 aliphatic heterocycles. The van der Waals surface area contributed by atoms with Gasteiger partial charge < -0.3 is 0 Å². The molecular formula is CH4N2O3SSe. The third kappa shape index (κ3) is 5.90. The van der Waals surface area contributed by atoms with Crippen LogP contribution in [0.1, 0.15) is 0 Å². The molecule has 0 saturated carbocycles. The van der Waals surface area contributed by atoms with Crippen LogP contribution in [-0.4, -0.2) is 28.8 Å². The van der Waals surface area contributed by atoms with Crippen LogP contribution in [0.2, 0.25) is 0 Å². The van der Waals surface area contributed by atoms with Gasteiger partial charge in [-0.15, -0.1) is 0 Å². The molecule has 0 heterocycles. The van der Waals surface area contributed by atoms with Gasteiger partial charge >= 0.3 is 53.2 Å². The number of amides is 2. The molecular weight excluding hydrogens is 199 g/mol. The van der Waals surface area contributed by atoms with Gasteiger partial charge in [-0.25, -0.2) is 0 Å². The van der Waals surface area contributed by atoms with Gasteiger partial charge in [0, 0.05) is 0 Å². The van der Waals surface area contributed by atoms with Crippen LogP contribution in [0, 0.1) is 0 Å². The third-order valence-corrected chi connectivity index (χ3v) is 2.28. The van der Waals surface area contributed by atoms with Crippen molar-refractivity contribution < 1.29 is 13.6 Å². The van der Waals surface area contributed by atoms with E-state index < -0.39 is 29.6 Å². The van der Waals surface area contributed by atoms with E-state index in [1.807, 2.05) is 4.33 Å². The van der Waals surface area contributed by atoms with Gasteiger partial charge in [0.05, 0.1) is 0 Å². The molecule has 4 N–H and O–H groups in total. The van der Waals surface area contributed by atoms with Crippen molar-refractivity contribution in [2.45, 2.75) is 0 Å². The Morgan fingerprint density at radius 3 is 2.50 bits per heavy atom. The summed E-state index contributed by atoms with van der Waals surface area (Å²) in [5, 5.41) is 0. The van der Waals surface area contributed by atoms with E-state index in [0.29, 0.717) is 0 Å². The number of carbonyl (C=O) groups is 1. The van der Waals surface area contributed by atoms with Gasteiger partial charge in [0.2, 0.25) is 0 Å². The SMILES string of the molecule is NC(=O)N[Se]S(=O)O. The first kappa shape index (κ1) is 7.90. The van der Waals surface area contributed by atoms with E-state index in [1.54, 1.807) is 0 Å². The van der Waals surface area contributed by atoms with Crippen molar-refractivity contribution in [3.05, 3.63) is 0 Å². The molecule has 1 atom stereocenters. The van der Waals surface area contributed by atoms with Crippen molar-refractivity contribution in [2.75, 3.05) is 0 Å². The summed E-state index contributed by atoms with van der Waals surface area (Å²) < 4.78 is 19.8. The van der Waals surface area contributed by atoms with Crippen LogP contribution < -0.4 is 10.1 Å². The van der Waals surface area contributed by atoms with E-state index in [4.69, 9.17) is 4.55 Å². The van der Waals surface area contributed by atoms with Crippen LogP contribution in [0.3, 0.4) is 0 Å². The first-order valence-corrected chi connectivity index (χ1v) is 5.45. The molecule has 0 saturated heterocycles. The van der Waals surface area contributed by atoms with Gasteiger partial charge in [-0.1, -0.05) is 0 Å². The Balaban J connectivity index is 3.18. The Bertz CT molecular complexity index is 102. The minimum atomic E-state index is -1.94. The second-order valence-electron chi connectivity index (χ2n) is 0.767. The van der Waals surface area contributed by atoms with Crippen molar-refractivity contribution >= 4 is 29.6 Å². The molecule has 48 valence electrons. The summed E-state index contributed by atoms with van der Waals surface area (Å²) in [6.07, 6.45) is 0. The predicted molar refractivity (Wildman–Crippen MR) is 29.2 cm³/mol. The van der Waals surface area contributed by atoms with E-state index in [9.17, 15) is 9.00 Å². The van der Waals surface area contributed by atoms with Gasteiger partial charge in [-0.05, 0) is 0 Å². The number of nitrogens with two attached hydrogens (primary N) is 1. The topological polar surface area (TPSA) is 92.4 Å². The molecule has 0 aliphatic rings. The van der Waals surface area contributed by atoms with Crippen molar-refractivity contribution in [3.8, 4) is 0 Å². The maximum atomic E-state index is 9.78. The monoisotopic (exact) mass is 204 g/mol. The summed E-state index contributed by atoms with van der Waals surface area (Å²) in [6.45, 7) is 0. The van der Waals surface area contributed by atoms with E-state index in [1.165, 1.54) is 0 Å². The van der Waals surface area contributed by atoms with Crippen LogP contribution in [-0.2, 0) is 9.50 Å². The molecule has 0 radical (unpaired) electrons. The molecule has 8 heavy (non-hydrogen) atoms. The number of urea groups is 1. The van der Waals surface area contributed by atoms with E-state index in [-0.39, 0.29) is 0 Å². The number of carbonyl (C=O) groups excluding carboxylic acids is 1. The molecule has 0 rings (SSSR count). The zero-order valence-electron chi connectivity index (χ0n) is 3.66. The summed E-state index contributed by atoms with van der Waals surface area (Å²) in [4.78, 5) is 9.78. The number of primary amides is 1. The Hall–Kier alpha value is -0.101. The Morgan fingerprint density at radius 1 is 1.88 bits per heavy atom. The molecule has 0 bridgehead atoms. The van der Waals surface area contributed by atoms with Crippen LogP contribution in [0.4, 0.5) is 4.79 Å². The molecule has 0 aromatic rings. The molecule has 0 spiro atoms. The molecule has 5 nitrogen and oxygen atoms in total. The number of hydrogen-bond donors (Lipinski definition) is 3. The van der Waals surface area contributed by atoms with Crippen LogP contribution in [0.5, 0.6) is 0 Å². The number of nitrogens with one attached hydrogen (secondary N) is 1. The van der Waals surface area contributed by atoms with E-state index in [2.05, 4.69) is 5.73 Å². The quantitative estimate of drug-likeness (QED) is 0.373.